The molecule has 100 valence electrons. The molecule has 3 rings (SSSR count). The van der Waals surface area contributed by atoms with Crippen LogP contribution >= 0.6 is 22.9 Å². The topological polar surface area (TPSA) is 17.1 Å². The molecule has 0 saturated heterocycles. The summed E-state index contributed by atoms with van der Waals surface area (Å²) in [5.74, 6) is 0.240. The summed E-state index contributed by atoms with van der Waals surface area (Å²) < 4.78 is 1.05. The number of alkyl halides is 1. The third-order valence-electron chi connectivity index (χ3n) is 3.38. The standard InChI is InChI=1S/C17H13ClOS/c1-11-6-5-9-13-15(19)14(10-18)17(20-16(11)13)12-7-3-2-4-8-12/h2-9H,10H2,1H3. The largest absolute Gasteiger partial charge is 0.289 e. The third kappa shape index (κ3) is 2.15. The van der Waals surface area contributed by atoms with Crippen LogP contribution in [0.2, 0.25) is 0 Å². The minimum absolute atomic E-state index is 0.0521. The van der Waals surface area contributed by atoms with Crippen molar-refractivity contribution in [2.75, 3.05) is 0 Å². The molecule has 20 heavy (non-hydrogen) atoms. The first-order valence-corrected chi connectivity index (χ1v) is 7.74. The quantitative estimate of drug-likeness (QED) is 0.610. The van der Waals surface area contributed by atoms with Crippen molar-refractivity contribution in [2.24, 2.45) is 0 Å². The second-order valence-electron chi connectivity index (χ2n) is 4.69. The molecule has 1 nitrogen and oxygen atoms in total. The fraction of sp³-hybridized carbons (Fsp3) is 0.118. The van der Waals surface area contributed by atoms with Crippen LogP contribution in [0.5, 0.6) is 0 Å². The number of fused-ring (bicyclic) bond motifs is 1. The highest BCUT2D eigenvalue weighted by Crippen LogP contribution is 2.33. The number of hydrogen-bond acceptors (Lipinski definition) is 2. The van der Waals surface area contributed by atoms with E-state index in [1.807, 2.05) is 55.5 Å². The van der Waals surface area contributed by atoms with Gasteiger partial charge in [-0.2, -0.15) is 0 Å². The molecule has 3 aromatic rings. The van der Waals surface area contributed by atoms with Crippen LogP contribution in [-0.4, -0.2) is 0 Å². The summed E-state index contributed by atoms with van der Waals surface area (Å²) in [6.45, 7) is 2.04. The maximum Gasteiger partial charge on any atom is 0.193 e. The normalized spacial score (nSPS) is 10.9. The van der Waals surface area contributed by atoms with Crippen molar-refractivity contribution in [1.29, 1.82) is 0 Å². The number of benzene rings is 2. The van der Waals surface area contributed by atoms with Crippen LogP contribution in [0, 0.1) is 6.92 Å². The molecule has 0 spiro atoms. The summed E-state index contributed by atoms with van der Waals surface area (Å²) in [6, 6.07) is 15.8. The molecular weight excluding hydrogens is 288 g/mol. The first kappa shape index (κ1) is 13.3. The maximum atomic E-state index is 12.6. The van der Waals surface area contributed by atoms with Crippen molar-refractivity contribution in [2.45, 2.75) is 12.8 Å². The van der Waals surface area contributed by atoms with Crippen LogP contribution < -0.4 is 5.43 Å². The van der Waals surface area contributed by atoms with E-state index in [2.05, 4.69) is 0 Å². The van der Waals surface area contributed by atoms with Crippen LogP contribution in [-0.2, 0) is 5.88 Å². The molecule has 0 N–H and O–H groups in total. The molecule has 0 saturated carbocycles. The highest BCUT2D eigenvalue weighted by Gasteiger charge is 2.14. The van der Waals surface area contributed by atoms with Crippen molar-refractivity contribution < 1.29 is 0 Å². The van der Waals surface area contributed by atoms with E-state index in [9.17, 15) is 4.79 Å². The summed E-state index contributed by atoms with van der Waals surface area (Å²) in [4.78, 5) is 13.6. The lowest BCUT2D eigenvalue weighted by Crippen LogP contribution is -2.08. The molecule has 0 amide bonds. The van der Waals surface area contributed by atoms with Gasteiger partial charge in [0, 0.05) is 20.5 Å². The Morgan fingerprint density at radius 1 is 1.05 bits per heavy atom. The van der Waals surface area contributed by atoms with E-state index in [4.69, 9.17) is 11.6 Å². The van der Waals surface area contributed by atoms with Crippen molar-refractivity contribution in [3.05, 3.63) is 69.9 Å². The Bertz CT molecular complexity index is 822. The fourth-order valence-corrected chi connectivity index (χ4v) is 3.92. The van der Waals surface area contributed by atoms with Crippen molar-refractivity contribution in [3.8, 4) is 10.4 Å². The van der Waals surface area contributed by atoms with Gasteiger partial charge in [0.2, 0.25) is 0 Å². The molecule has 0 unspecified atom stereocenters. The predicted octanol–water partition coefficient (Wildman–Crippen LogP) is 4.98. The lowest BCUT2D eigenvalue weighted by atomic mass is 10.1. The molecule has 1 aromatic heterocycles. The number of halogens is 1. The van der Waals surface area contributed by atoms with Gasteiger partial charge in [-0.15, -0.1) is 22.9 Å². The van der Waals surface area contributed by atoms with Crippen LogP contribution in [0.15, 0.2) is 53.3 Å². The van der Waals surface area contributed by atoms with Gasteiger partial charge in [-0.25, -0.2) is 0 Å². The van der Waals surface area contributed by atoms with E-state index in [1.165, 1.54) is 0 Å². The molecule has 3 heteroatoms. The van der Waals surface area contributed by atoms with Gasteiger partial charge in [-0.1, -0.05) is 42.5 Å². The van der Waals surface area contributed by atoms with Gasteiger partial charge in [0.1, 0.15) is 0 Å². The number of rotatable bonds is 2. The van der Waals surface area contributed by atoms with Gasteiger partial charge < -0.3 is 0 Å². The Balaban J connectivity index is 2.43. The van der Waals surface area contributed by atoms with Crippen LogP contribution in [0.25, 0.3) is 20.5 Å². The zero-order valence-electron chi connectivity index (χ0n) is 11.0. The van der Waals surface area contributed by atoms with Gasteiger partial charge >= 0.3 is 0 Å². The van der Waals surface area contributed by atoms with E-state index < -0.39 is 0 Å². The second-order valence-corrected chi connectivity index (χ2v) is 5.98. The molecule has 0 fully saturated rings. The summed E-state index contributed by atoms with van der Waals surface area (Å²) in [5, 5.41) is 0.769. The predicted molar refractivity (Wildman–Crippen MR) is 87.8 cm³/mol. The Morgan fingerprint density at radius 3 is 2.50 bits per heavy atom. The maximum absolute atomic E-state index is 12.6. The number of aryl methyl sites for hydroxylation is 1. The lowest BCUT2D eigenvalue weighted by molar-refractivity contribution is 1.39. The summed E-state index contributed by atoms with van der Waals surface area (Å²) in [7, 11) is 0. The molecule has 2 aromatic carbocycles. The van der Waals surface area contributed by atoms with E-state index in [-0.39, 0.29) is 11.3 Å². The van der Waals surface area contributed by atoms with Gasteiger partial charge in [0.15, 0.2) is 5.43 Å². The molecule has 0 aliphatic carbocycles. The third-order valence-corrected chi connectivity index (χ3v) is 5.08. The zero-order chi connectivity index (χ0) is 14.1. The monoisotopic (exact) mass is 300 g/mol. The number of hydrogen-bond donors (Lipinski definition) is 0. The second kappa shape index (κ2) is 5.39. The first-order chi connectivity index (χ1) is 9.72. The minimum Gasteiger partial charge on any atom is -0.289 e. The van der Waals surface area contributed by atoms with Gasteiger partial charge in [0.25, 0.3) is 0 Å². The Morgan fingerprint density at radius 2 is 1.80 bits per heavy atom. The molecule has 0 aliphatic rings. The van der Waals surface area contributed by atoms with Crippen LogP contribution in [0.3, 0.4) is 0 Å². The minimum atomic E-state index is 0.0521. The Hall–Kier alpha value is -1.64. The van der Waals surface area contributed by atoms with Crippen molar-refractivity contribution >= 4 is 33.0 Å². The fourth-order valence-electron chi connectivity index (χ4n) is 2.34. The lowest BCUT2D eigenvalue weighted by Gasteiger charge is -2.09. The highest BCUT2D eigenvalue weighted by molar-refractivity contribution is 7.21. The molecule has 0 aliphatic heterocycles. The average molecular weight is 301 g/mol. The highest BCUT2D eigenvalue weighted by atomic mass is 35.5. The van der Waals surface area contributed by atoms with Crippen molar-refractivity contribution in [1.82, 2.24) is 0 Å². The summed E-state index contributed by atoms with van der Waals surface area (Å²) >= 11 is 7.68. The Labute approximate surface area is 126 Å². The molecule has 0 atom stereocenters. The van der Waals surface area contributed by atoms with Crippen LogP contribution in [0.1, 0.15) is 11.1 Å². The molecule has 0 radical (unpaired) electrons. The molecule has 0 bridgehead atoms. The summed E-state index contributed by atoms with van der Waals surface area (Å²) in [6.07, 6.45) is 0. The van der Waals surface area contributed by atoms with Crippen molar-refractivity contribution in [3.63, 3.8) is 0 Å². The SMILES string of the molecule is Cc1cccc2c(=O)c(CCl)c(-c3ccccc3)sc12. The van der Waals surface area contributed by atoms with Gasteiger partial charge in [-0.3, -0.25) is 4.79 Å². The van der Waals surface area contributed by atoms with E-state index >= 15 is 0 Å². The van der Waals surface area contributed by atoms with E-state index in [0.29, 0.717) is 5.56 Å². The van der Waals surface area contributed by atoms with E-state index in [1.54, 1.807) is 11.3 Å². The van der Waals surface area contributed by atoms with Gasteiger partial charge in [-0.05, 0) is 24.1 Å². The smallest absolute Gasteiger partial charge is 0.193 e. The first-order valence-electron chi connectivity index (χ1n) is 6.39. The van der Waals surface area contributed by atoms with Crippen LogP contribution in [0.4, 0.5) is 0 Å². The zero-order valence-corrected chi connectivity index (χ0v) is 12.6. The molecule has 1 heterocycles. The Kier molecular flexibility index (Phi) is 3.60. The average Bonchev–Trinajstić information content (AvgIpc) is 2.49. The summed E-state index contributed by atoms with van der Waals surface area (Å²) in [5.41, 5.74) is 2.93. The van der Waals surface area contributed by atoms with E-state index in [0.717, 1.165) is 26.1 Å². The molecular formula is C17H13ClOS. The van der Waals surface area contributed by atoms with Gasteiger partial charge in [0.05, 0.1) is 5.88 Å².